The van der Waals surface area contributed by atoms with Gasteiger partial charge in [-0.3, -0.25) is 0 Å². The number of ether oxygens (including phenoxy) is 2. The lowest BCUT2D eigenvalue weighted by Crippen LogP contribution is -2.17. The second-order valence-corrected chi connectivity index (χ2v) is 4.11. The maximum Gasteiger partial charge on any atom is 0.573 e. The number of para-hydroxylation sites is 1. The summed E-state index contributed by atoms with van der Waals surface area (Å²) in [5.41, 5.74) is 1.10. The molecule has 21 heavy (non-hydrogen) atoms. The molecular weight excluding hydrogens is 285 g/mol. The number of esters is 1. The Balaban J connectivity index is 2.36. The molecule has 0 atom stereocenters. The second-order valence-electron chi connectivity index (χ2n) is 4.11. The van der Waals surface area contributed by atoms with Crippen LogP contribution in [0.1, 0.15) is 10.4 Å². The van der Waals surface area contributed by atoms with Crippen LogP contribution in [-0.4, -0.2) is 19.4 Å². The van der Waals surface area contributed by atoms with E-state index in [0.717, 1.165) is 0 Å². The van der Waals surface area contributed by atoms with Crippen LogP contribution >= 0.6 is 0 Å². The van der Waals surface area contributed by atoms with Gasteiger partial charge in [0.25, 0.3) is 0 Å². The smallest absolute Gasteiger partial charge is 0.465 e. The molecule has 2 rings (SSSR count). The van der Waals surface area contributed by atoms with Gasteiger partial charge in [0.1, 0.15) is 5.75 Å². The van der Waals surface area contributed by atoms with Gasteiger partial charge in [-0.15, -0.1) is 13.2 Å². The van der Waals surface area contributed by atoms with Crippen molar-refractivity contribution < 1.29 is 27.4 Å². The van der Waals surface area contributed by atoms with Crippen molar-refractivity contribution in [3.05, 3.63) is 54.1 Å². The summed E-state index contributed by atoms with van der Waals surface area (Å²) in [5, 5.41) is 0. The highest BCUT2D eigenvalue weighted by molar-refractivity contribution is 5.90. The maximum absolute atomic E-state index is 12.4. The third-order valence-corrected chi connectivity index (χ3v) is 2.73. The normalized spacial score (nSPS) is 11.0. The molecule has 0 bridgehead atoms. The first-order valence-electron chi connectivity index (χ1n) is 5.94. The third kappa shape index (κ3) is 3.75. The maximum atomic E-state index is 12.4. The van der Waals surface area contributed by atoms with Gasteiger partial charge >= 0.3 is 12.3 Å². The largest absolute Gasteiger partial charge is 0.573 e. The van der Waals surface area contributed by atoms with Gasteiger partial charge in [0.2, 0.25) is 0 Å². The molecule has 0 saturated carbocycles. The second kappa shape index (κ2) is 5.87. The zero-order chi connectivity index (χ0) is 15.5. The van der Waals surface area contributed by atoms with E-state index in [1.165, 1.54) is 49.6 Å². The number of carbonyl (C=O) groups is 1. The van der Waals surface area contributed by atoms with E-state index in [-0.39, 0.29) is 11.3 Å². The zero-order valence-corrected chi connectivity index (χ0v) is 11.0. The van der Waals surface area contributed by atoms with Gasteiger partial charge in [0, 0.05) is 5.56 Å². The van der Waals surface area contributed by atoms with Crippen molar-refractivity contribution in [3.8, 4) is 16.9 Å². The highest BCUT2D eigenvalue weighted by Gasteiger charge is 2.32. The number of hydrogen-bond donors (Lipinski definition) is 0. The average Bonchev–Trinajstić information content (AvgIpc) is 2.45. The highest BCUT2D eigenvalue weighted by atomic mass is 19.4. The average molecular weight is 296 g/mol. The lowest BCUT2D eigenvalue weighted by Gasteiger charge is -2.13. The fourth-order valence-corrected chi connectivity index (χ4v) is 1.82. The topological polar surface area (TPSA) is 35.5 Å². The van der Waals surface area contributed by atoms with Crippen LogP contribution in [0.4, 0.5) is 13.2 Å². The zero-order valence-electron chi connectivity index (χ0n) is 11.0. The molecule has 0 aromatic heterocycles. The van der Waals surface area contributed by atoms with Crippen molar-refractivity contribution in [1.29, 1.82) is 0 Å². The number of rotatable bonds is 3. The van der Waals surface area contributed by atoms with E-state index in [4.69, 9.17) is 0 Å². The van der Waals surface area contributed by atoms with E-state index in [0.29, 0.717) is 11.1 Å². The number of carbonyl (C=O) groups excluding carboxylic acids is 1. The Labute approximate surface area is 118 Å². The molecule has 0 spiro atoms. The van der Waals surface area contributed by atoms with Crippen molar-refractivity contribution in [3.63, 3.8) is 0 Å². The van der Waals surface area contributed by atoms with E-state index < -0.39 is 12.3 Å². The molecule has 3 nitrogen and oxygen atoms in total. The number of benzene rings is 2. The van der Waals surface area contributed by atoms with Crippen LogP contribution in [-0.2, 0) is 4.74 Å². The van der Waals surface area contributed by atoms with E-state index in [1.54, 1.807) is 6.07 Å². The van der Waals surface area contributed by atoms with Gasteiger partial charge in [0.15, 0.2) is 0 Å². The van der Waals surface area contributed by atoms with Crippen molar-refractivity contribution in [1.82, 2.24) is 0 Å². The van der Waals surface area contributed by atoms with E-state index >= 15 is 0 Å². The fraction of sp³-hybridized carbons (Fsp3) is 0.133. The molecule has 0 N–H and O–H groups in total. The molecule has 110 valence electrons. The van der Waals surface area contributed by atoms with Crippen LogP contribution in [0, 0.1) is 0 Å². The monoisotopic (exact) mass is 296 g/mol. The molecule has 6 heteroatoms. The SMILES string of the molecule is COC(=O)c1ccc(-c2ccccc2OC(F)(F)F)cc1. The molecule has 0 heterocycles. The van der Waals surface area contributed by atoms with Gasteiger partial charge in [-0.25, -0.2) is 4.79 Å². The standard InChI is InChI=1S/C15H11F3O3/c1-20-14(19)11-8-6-10(7-9-11)12-4-2-3-5-13(12)21-15(16,17)18/h2-9H,1H3. The molecule has 0 aliphatic rings. The molecule has 2 aromatic rings. The molecule has 0 amide bonds. The lowest BCUT2D eigenvalue weighted by atomic mass is 10.0. The summed E-state index contributed by atoms with van der Waals surface area (Å²) in [4.78, 5) is 11.3. The number of alkyl halides is 3. The van der Waals surface area contributed by atoms with Crippen molar-refractivity contribution >= 4 is 5.97 Å². The predicted molar refractivity (Wildman–Crippen MR) is 69.9 cm³/mol. The minimum Gasteiger partial charge on any atom is -0.465 e. The lowest BCUT2D eigenvalue weighted by molar-refractivity contribution is -0.274. The Morgan fingerprint density at radius 3 is 2.19 bits per heavy atom. The first-order valence-corrected chi connectivity index (χ1v) is 5.94. The summed E-state index contributed by atoms with van der Waals surface area (Å²) < 4.78 is 45.7. The Bertz CT molecular complexity index is 633. The molecule has 0 aliphatic heterocycles. The summed E-state index contributed by atoms with van der Waals surface area (Å²) in [7, 11) is 1.25. The van der Waals surface area contributed by atoms with Crippen LogP contribution in [0.15, 0.2) is 48.5 Å². The molecule has 0 radical (unpaired) electrons. The van der Waals surface area contributed by atoms with Gasteiger partial charge in [-0.2, -0.15) is 0 Å². The molecule has 2 aromatic carbocycles. The number of halogens is 3. The van der Waals surface area contributed by atoms with E-state index in [1.807, 2.05) is 0 Å². The summed E-state index contributed by atoms with van der Waals surface area (Å²) in [6.45, 7) is 0. The van der Waals surface area contributed by atoms with Crippen LogP contribution in [0.2, 0.25) is 0 Å². The van der Waals surface area contributed by atoms with Gasteiger partial charge in [0.05, 0.1) is 12.7 Å². The van der Waals surface area contributed by atoms with Crippen LogP contribution < -0.4 is 4.74 Å². The first kappa shape index (κ1) is 14.9. The Hall–Kier alpha value is -2.50. The van der Waals surface area contributed by atoms with Crippen LogP contribution in [0.5, 0.6) is 5.75 Å². The fourth-order valence-electron chi connectivity index (χ4n) is 1.82. The quantitative estimate of drug-likeness (QED) is 0.802. The van der Waals surface area contributed by atoms with E-state index in [9.17, 15) is 18.0 Å². The van der Waals surface area contributed by atoms with Crippen LogP contribution in [0.25, 0.3) is 11.1 Å². The Kier molecular flexibility index (Phi) is 4.16. The summed E-state index contributed by atoms with van der Waals surface area (Å²) in [5.74, 6) is -0.808. The molecule has 0 fully saturated rings. The minimum atomic E-state index is -4.76. The third-order valence-electron chi connectivity index (χ3n) is 2.73. The summed E-state index contributed by atoms with van der Waals surface area (Å²) in [6, 6.07) is 11.8. The number of hydrogen-bond acceptors (Lipinski definition) is 3. The van der Waals surface area contributed by atoms with E-state index in [2.05, 4.69) is 9.47 Å². The molecule has 0 aliphatic carbocycles. The van der Waals surface area contributed by atoms with Crippen molar-refractivity contribution in [2.75, 3.05) is 7.11 Å². The predicted octanol–water partition coefficient (Wildman–Crippen LogP) is 4.04. The highest BCUT2D eigenvalue weighted by Crippen LogP contribution is 2.33. The summed E-state index contributed by atoms with van der Waals surface area (Å²) >= 11 is 0. The van der Waals surface area contributed by atoms with Gasteiger partial charge in [-0.05, 0) is 23.8 Å². The molecule has 0 saturated heterocycles. The van der Waals surface area contributed by atoms with Gasteiger partial charge in [-0.1, -0.05) is 30.3 Å². The van der Waals surface area contributed by atoms with Gasteiger partial charge < -0.3 is 9.47 Å². The first-order chi connectivity index (χ1) is 9.90. The molecule has 0 unspecified atom stereocenters. The Morgan fingerprint density at radius 1 is 1.00 bits per heavy atom. The number of methoxy groups -OCH3 is 1. The van der Waals surface area contributed by atoms with Crippen LogP contribution in [0.3, 0.4) is 0 Å². The minimum absolute atomic E-state index is 0.284. The van der Waals surface area contributed by atoms with Crippen molar-refractivity contribution in [2.45, 2.75) is 6.36 Å². The van der Waals surface area contributed by atoms with Crippen molar-refractivity contribution in [2.24, 2.45) is 0 Å². The molecular formula is C15H11F3O3. The Morgan fingerprint density at radius 2 is 1.62 bits per heavy atom. The summed E-state index contributed by atoms with van der Waals surface area (Å²) in [6.07, 6.45) is -4.76.